The Labute approximate surface area is 196 Å². The van der Waals surface area contributed by atoms with Crippen LogP contribution in [0.3, 0.4) is 0 Å². The van der Waals surface area contributed by atoms with Crippen molar-refractivity contribution in [3.63, 3.8) is 0 Å². The van der Waals surface area contributed by atoms with Crippen LogP contribution in [-0.4, -0.2) is 46.1 Å². The highest BCUT2D eigenvalue weighted by molar-refractivity contribution is 8.15. The van der Waals surface area contributed by atoms with E-state index in [0.29, 0.717) is 25.9 Å². The van der Waals surface area contributed by atoms with Gasteiger partial charge in [0.2, 0.25) is 0 Å². The molecule has 0 bridgehead atoms. The summed E-state index contributed by atoms with van der Waals surface area (Å²) in [5.41, 5.74) is 1.19. The van der Waals surface area contributed by atoms with Gasteiger partial charge >= 0.3 is 6.09 Å². The standard InChI is InChI=1S/C23H26ClN3O2S2/c1-22(2,3)29-21(28)27-12-10-23(11-13-27)25-19(18-5-4-14-30-18)20(26-23)31-15-16-6-8-17(24)9-7-16/h4-9,14H,10-13,15H2,1-3H3. The molecule has 164 valence electrons. The minimum absolute atomic E-state index is 0.260. The van der Waals surface area contributed by atoms with E-state index in [4.69, 9.17) is 26.3 Å². The van der Waals surface area contributed by atoms with Crippen LogP contribution in [-0.2, 0) is 10.5 Å². The molecule has 0 radical (unpaired) electrons. The van der Waals surface area contributed by atoms with Crippen LogP contribution in [0.15, 0.2) is 51.8 Å². The molecule has 1 spiro atoms. The minimum Gasteiger partial charge on any atom is -0.444 e. The fourth-order valence-electron chi connectivity index (χ4n) is 3.53. The van der Waals surface area contributed by atoms with Crippen molar-refractivity contribution >= 4 is 51.5 Å². The number of benzene rings is 1. The van der Waals surface area contributed by atoms with E-state index in [0.717, 1.165) is 26.4 Å². The zero-order chi connectivity index (χ0) is 22.1. The number of carbonyl (C=O) groups is 1. The Bertz CT molecular complexity index is 987. The van der Waals surface area contributed by atoms with Crippen molar-refractivity contribution < 1.29 is 9.53 Å². The average molecular weight is 476 g/mol. The van der Waals surface area contributed by atoms with Crippen LogP contribution in [0.2, 0.25) is 5.02 Å². The predicted molar refractivity (Wildman–Crippen MR) is 131 cm³/mol. The van der Waals surface area contributed by atoms with Crippen molar-refractivity contribution in [2.45, 2.75) is 50.6 Å². The smallest absolute Gasteiger partial charge is 0.410 e. The highest BCUT2D eigenvalue weighted by Gasteiger charge is 2.41. The second-order valence-corrected chi connectivity index (χ2v) is 11.1. The van der Waals surface area contributed by atoms with Crippen molar-refractivity contribution in [3.05, 3.63) is 57.2 Å². The number of aliphatic imine (C=N–C) groups is 2. The minimum atomic E-state index is -0.492. The van der Waals surface area contributed by atoms with Gasteiger partial charge in [-0.25, -0.2) is 9.79 Å². The molecule has 5 nitrogen and oxygen atoms in total. The summed E-state index contributed by atoms with van der Waals surface area (Å²) < 4.78 is 5.53. The zero-order valence-corrected chi connectivity index (χ0v) is 20.3. The number of thiophene rings is 1. The molecule has 0 saturated carbocycles. The molecule has 1 aromatic heterocycles. The first-order valence-corrected chi connectivity index (χ1v) is 12.6. The van der Waals surface area contributed by atoms with E-state index in [1.54, 1.807) is 28.0 Å². The van der Waals surface area contributed by atoms with Crippen LogP contribution >= 0.6 is 34.7 Å². The maximum Gasteiger partial charge on any atom is 0.410 e. The Morgan fingerprint density at radius 3 is 2.52 bits per heavy atom. The first-order valence-electron chi connectivity index (χ1n) is 10.3. The number of nitrogens with zero attached hydrogens (tertiary/aromatic N) is 3. The van der Waals surface area contributed by atoms with Crippen LogP contribution in [0.5, 0.6) is 0 Å². The second kappa shape index (κ2) is 8.96. The Balaban J connectivity index is 1.49. The van der Waals surface area contributed by atoms with E-state index in [1.807, 2.05) is 51.1 Å². The van der Waals surface area contributed by atoms with Gasteiger partial charge in [0.25, 0.3) is 0 Å². The van der Waals surface area contributed by atoms with Gasteiger partial charge in [-0.1, -0.05) is 41.6 Å². The first kappa shape index (κ1) is 22.4. The number of carbonyl (C=O) groups excluding carboxylic acids is 1. The summed E-state index contributed by atoms with van der Waals surface area (Å²) in [5, 5.41) is 3.78. The topological polar surface area (TPSA) is 54.3 Å². The fraction of sp³-hybridized carbons (Fsp3) is 0.435. The van der Waals surface area contributed by atoms with Crippen molar-refractivity contribution in [3.8, 4) is 0 Å². The summed E-state index contributed by atoms with van der Waals surface area (Å²) in [4.78, 5) is 25.5. The van der Waals surface area contributed by atoms with Crippen LogP contribution in [0.25, 0.3) is 0 Å². The van der Waals surface area contributed by atoms with E-state index in [1.165, 1.54) is 5.56 Å². The molecule has 2 aliphatic rings. The Hall–Kier alpha value is -1.83. The monoisotopic (exact) mass is 475 g/mol. The molecule has 1 amide bonds. The molecule has 1 saturated heterocycles. The highest BCUT2D eigenvalue weighted by atomic mass is 35.5. The number of likely N-dealkylation sites (tertiary alicyclic amines) is 1. The van der Waals surface area contributed by atoms with Crippen molar-refractivity contribution in [1.29, 1.82) is 0 Å². The molecular formula is C23H26ClN3O2S2. The lowest BCUT2D eigenvalue weighted by atomic mass is 9.99. The Morgan fingerprint density at radius 2 is 1.90 bits per heavy atom. The van der Waals surface area contributed by atoms with E-state index in [2.05, 4.69) is 11.4 Å². The van der Waals surface area contributed by atoms with E-state index < -0.39 is 11.3 Å². The molecule has 2 aliphatic heterocycles. The molecule has 1 fully saturated rings. The van der Waals surface area contributed by atoms with Gasteiger partial charge in [-0.05, 0) is 49.9 Å². The molecule has 0 N–H and O–H groups in total. The molecule has 0 atom stereocenters. The predicted octanol–water partition coefficient (Wildman–Crippen LogP) is 6.26. The zero-order valence-electron chi connectivity index (χ0n) is 17.9. The number of thioether (sulfide) groups is 1. The van der Waals surface area contributed by atoms with Gasteiger partial charge in [0.1, 0.15) is 16.4 Å². The van der Waals surface area contributed by atoms with Gasteiger partial charge in [-0.15, -0.1) is 11.3 Å². The molecule has 0 unspecified atom stereocenters. The molecular weight excluding hydrogens is 450 g/mol. The lowest BCUT2D eigenvalue weighted by Gasteiger charge is -2.36. The molecule has 2 aromatic rings. The van der Waals surface area contributed by atoms with Crippen molar-refractivity contribution in [2.24, 2.45) is 9.98 Å². The number of halogens is 1. The van der Waals surface area contributed by atoms with E-state index in [-0.39, 0.29) is 6.09 Å². The molecule has 4 rings (SSSR count). The average Bonchev–Trinajstić information content (AvgIpc) is 3.35. The molecule has 1 aromatic carbocycles. The number of ether oxygens (including phenoxy) is 1. The van der Waals surface area contributed by atoms with Gasteiger partial charge < -0.3 is 9.64 Å². The van der Waals surface area contributed by atoms with Crippen LogP contribution < -0.4 is 0 Å². The van der Waals surface area contributed by atoms with Gasteiger partial charge in [0.05, 0.1) is 4.88 Å². The lowest BCUT2D eigenvalue weighted by molar-refractivity contribution is 0.0175. The lowest BCUT2D eigenvalue weighted by Crippen LogP contribution is -2.46. The Kier molecular flexibility index (Phi) is 6.47. The number of hydrogen-bond donors (Lipinski definition) is 0. The largest absolute Gasteiger partial charge is 0.444 e. The highest BCUT2D eigenvalue weighted by Crippen LogP contribution is 2.37. The van der Waals surface area contributed by atoms with Gasteiger partial charge in [0, 0.05) is 36.7 Å². The molecule has 3 heterocycles. The number of rotatable bonds is 3. The molecule has 0 aliphatic carbocycles. The van der Waals surface area contributed by atoms with Gasteiger partial charge in [0.15, 0.2) is 5.66 Å². The number of hydrogen-bond acceptors (Lipinski definition) is 6. The van der Waals surface area contributed by atoms with Crippen LogP contribution in [0.1, 0.15) is 44.1 Å². The van der Waals surface area contributed by atoms with E-state index >= 15 is 0 Å². The molecule has 8 heteroatoms. The third-order valence-corrected chi connectivity index (χ3v) is 7.26. The van der Waals surface area contributed by atoms with Crippen molar-refractivity contribution in [1.82, 2.24) is 4.90 Å². The summed E-state index contributed by atoms with van der Waals surface area (Å²) in [6, 6.07) is 12.0. The normalized spacial score (nSPS) is 18.1. The van der Waals surface area contributed by atoms with Gasteiger partial charge in [-0.2, -0.15) is 0 Å². The summed E-state index contributed by atoms with van der Waals surface area (Å²) in [6.07, 6.45) is 1.14. The van der Waals surface area contributed by atoms with Crippen LogP contribution in [0, 0.1) is 0 Å². The summed E-state index contributed by atoms with van der Waals surface area (Å²) in [5.74, 6) is 0.806. The number of piperidine rings is 1. The maximum absolute atomic E-state index is 12.4. The Morgan fingerprint density at radius 1 is 1.19 bits per heavy atom. The van der Waals surface area contributed by atoms with Crippen molar-refractivity contribution in [2.75, 3.05) is 13.1 Å². The van der Waals surface area contributed by atoms with E-state index in [9.17, 15) is 4.79 Å². The van der Waals surface area contributed by atoms with Gasteiger partial charge in [-0.3, -0.25) is 4.99 Å². The second-order valence-electron chi connectivity index (χ2n) is 8.72. The quantitative estimate of drug-likeness (QED) is 0.526. The third kappa shape index (κ3) is 5.51. The number of amides is 1. The fourth-order valence-corrected chi connectivity index (χ4v) is 5.46. The summed E-state index contributed by atoms with van der Waals surface area (Å²) in [7, 11) is 0. The van der Waals surface area contributed by atoms with Crippen LogP contribution in [0.4, 0.5) is 4.79 Å². The SMILES string of the molecule is CC(C)(C)OC(=O)N1CCC2(CC1)N=C(SCc1ccc(Cl)cc1)C(c1cccs1)=N2. The summed E-state index contributed by atoms with van der Waals surface area (Å²) in [6.45, 7) is 6.85. The maximum atomic E-state index is 12.4. The molecule has 31 heavy (non-hydrogen) atoms. The summed E-state index contributed by atoms with van der Waals surface area (Å²) >= 11 is 9.40. The third-order valence-electron chi connectivity index (χ3n) is 5.09. The first-order chi connectivity index (χ1) is 14.7.